The molecular formula is C20H20N2O2S. The molecule has 1 aliphatic heterocycles. The van der Waals surface area contributed by atoms with Crippen molar-refractivity contribution in [3.63, 3.8) is 0 Å². The lowest BCUT2D eigenvalue weighted by molar-refractivity contribution is -0.132. The molecule has 1 aliphatic rings. The summed E-state index contributed by atoms with van der Waals surface area (Å²) in [5.74, 6) is 0.857. The van der Waals surface area contributed by atoms with E-state index in [9.17, 15) is 4.79 Å². The second-order valence-electron chi connectivity index (χ2n) is 6.43. The molecular weight excluding hydrogens is 332 g/mol. The molecule has 0 bridgehead atoms. The van der Waals surface area contributed by atoms with Gasteiger partial charge in [0.05, 0.1) is 18.2 Å². The highest BCUT2D eigenvalue weighted by atomic mass is 32.1. The third-order valence-electron chi connectivity index (χ3n) is 4.91. The van der Waals surface area contributed by atoms with Gasteiger partial charge in [-0.3, -0.25) is 4.79 Å². The van der Waals surface area contributed by atoms with Crippen LogP contribution in [0.4, 0.5) is 0 Å². The molecule has 25 heavy (non-hydrogen) atoms. The van der Waals surface area contributed by atoms with E-state index >= 15 is 0 Å². The lowest BCUT2D eigenvalue weighted by Crippen LogP contribution is -2.41. The quantitative estimate of drug-likeness (QED) is 0.714. The van der Waals surface area contributed by atoms with Crippen molar-refractivity contribution in [3.8, 4) is 0 Å². The molecule has 0 spiro atoms. The molecule has 0 aliphatic carbocycles. The monoisotopic (exact) mass is 352 g/mol. The van der Waals surface area contributed by atoms with Crippen LogP contribution in [0, 0.1) is 13.8 Å². The molecule has 1 atom stereocenters. The Balaban J connectivity index is 1.69. The molecule has 0 fully saturated rings. The van der Waals surface area contributed by atoms with Crippen LogP contribution in [-0.2, 0) is 17.6 Å². The number of thiophene rings is 1. The van der Waals surface area contributed by atoms with Crippen LogP contribution < -0.4 is 0 Å². The number of aryl methyl sites for hydroxylation is 2. The fraction of sp³-hybridized carbons (Fsp3) is 0.300. The molecule has 0 saturated heterocycles. The Morgan fingerprint density at radius 1 is 1.28 bits per heavy atom. The highest BCUT2D eigenvalue weighted by molar-refractivity contribution is 7.10. The number of aromatic nitrogens is 1. The first kappa shape index (κ1) is 16.1. The average Bonchev–Trinajstić information content (AvgIpc) is 3.23. The second kappa shape index (κ2) is 6.48. The number of rotatable bonds is 3. The zero-order valence-electron chi connectivity index (χ0n) is 14.4. The summed E-state index contributed by atoms with van der Waals surface area (Å²) >= 11 is 1.78. The van der Waals surface area contributed by atoms with E-state index in [1.165, 1.54) is 10.4 Å². The summed E-state index contributed by atoms with van der Waals surface area (Å²) in [7, 11) is 0. The predicted octanol–water partition coefficient (Wildman–Crippen LogP) is 4.07. The highest BCUT2D eigenvalue weighted by Crippen LogP contribution is 2.38. The van der Waals surface area contributed by atoms with Crippen molar-refractivity contribution in [1.82, 2.24) is 10.1 Å². The van der Waals surface area contributed by atoms with Crippen molar-refractivity contribution in [2.45, 2.75) is 32.7 Å². The zero-order chi connectivity index (χ0) is 17.4. The van der Waals surface area contributed by atoms with E-state index in [0.717, 1.165) is 35.5 Å². The Morgan fingerprint density at radius 2 is 2.08 bits per heavy atom. The molecule has 1 aromatic carbocycles. The smallest absolute Gasteiger partial charge is 0.227 e. The van der Waals surface area contributed by atoms with Gasteiger partial charge in [0.2, 0.25) is 5.91 Å². The van der Waals surface area contributed by atoms with Gasteiger partial charge in [-0.15, -0.1) is 11.3 Å². The van der Waals surface area contributed by atoms with Gasteiger partial charge in [-0.25, -0.2) is 0 Å². The maximum atomic E-state index is 13.1. The number of carbonyl (C=O) groups is 1. The van der Waals surface area contributed by atoms with Crippen molar-refractivity contribution in [1.29, 1.82) is 0 Å². The molecule has 1 amide bonds. The molecule has 5 heteroatoms. The van der Waals surface area contributed by atoms with Crippen LogP contribution >= 0.6 is 11.3 Å². The summed E-state index contributed by atoms with van der Waals surface area (Å²) in [4.78, 5) is 16.5. The van der Waals surface area contributed by atoms with Gasteiger partial charge in [-0.2, -0.15) is 0 Å². The van der Waals surface area contributed by atoms with E-state index < -0.39 is 0 Å². The number of hydrogen-bond donors (Lipinski definition) is 0. The molecule has 128 valence electrons. The first-order valence-electron chi connectivity index (χ1n) is 8.47. The SMILES string of the molecule is Cc1noc(C)c1CC(=O)N1CCc2sccc2[C@H]1c1ccccc1. The number of nitrogens with zero attached hydrogens (tertiary/aromatic N) is 2. The van der Waals surface area contributed by atoms with Crippen molar-refractivity contribution < 1.29 is 9.32 Å². The maximum Gasteiger partial charge on any atom is 0.227 e. The van der Waals surface area contributed by atoms with Gasteiger partial charge < -0.3 is 9.42 Å². The molecule has 2 aromatic heterocycles. The van der Waals surface area contributed by atoms with Crippen molar-refractivity contribution in [2.24, 2.45) is 0 Å². The Kier molecular flexibility index (Phi) is 4.17. The molecule has 3 aromatic rings. The number of hydrogen-bond acceptors (Lipinski definition) is 4. The van der Waals surface area contributed by atoms with E-state index in [2.05, 4.69) is 28.7 Å². The number of carbonyl (C=O) groups excluding carboxylic acids is 1. The topological polar surface area (TPSA) is 46.3 Å². The third kappa shape index (κ3) is 2.89. The highest BCUT2D eigenvalue weighted by Gasteiger charge is 2.33. The first-order chi connectivity index (χ1) is 12.1. The summed E-state index contributed by atoms with van der Waals surface area (Å²) in [5.41, 5.74) is 4.13. The van der Waals surface area contributed by atoms with Gasteiger partial charge in [0.25, 0.3) is 0 Å². The summed E-state index contributed by atoms with van der Waals surface area (Å²) < 4.78 is 5.22. The van der Waals surface area contributed by atoms with Gasteiger partial charge in [0.1, 0.15) is 5.76 Å². The molecule has 0 saturated carbocycles. The molecule has 0 N–H and O–H groups in total. The minimum absolute atomic E-state index is 0.0100. The van der Waals surface area contributed by atoms with Crippen molar-refractivity contribution in [2.75, 3.05) is 6.54 Å². The van der Waals surface area contributed by atoms with Crippen molar-refractivity contribution >= 4 is 17.2 Å². The van der Waals surface area contributed by atoms with Crippen LogP contribution in [0.25, 0.3) is 0 Å². The Morgan fingerprint density at radius 3 is 2.80 bits per heavy atom. The van der Waals surface area contributed by atoms with Gasteiger partial charge in [0.15, 0.2) is 0 Å². The molecule has 3 heterocycles. The third-order valence-corrected chi connectivity index (χ3v) is 5.91. The van der Waals surface area contributed by atoms with Crippen LogP contribution in [-0.4, -0.2) is 22.5 Å². The minimum atomic E-state index is -0.0100. The van der Waals surface area contributed by atoms with Crippen LogP contribution in [0.2, 0.25) is 0 Å². The van der Waals surface area contributed by atoms with E-state index in [0.29, 0.717) is 6.42 Å². The first-order valence-corrected chi connectivity index (χ1v) is 9.35. The zero-order valence-corrected chi connectivity index (χ0v) is 15.2. The van der Waals surface area contributed by atoms with E-state index in [1.54, 1.807) is 11.3 Å². The molecule has 4 rings (SSSR count). The number of fused-ring (bicyclic) bond motifs is 1. The largest absolute Gasteiger partial charge is 0.361 e. The van der Waals surface area contributed by atoms with Crippen LogP contribution in [0.1, 0.15) is 39.1 Å². The average molecular weight is 352 g/mol. The van der Waals surface area contributed by atoms with Crippen LogP contribution in [0.5, 0.6) is 0 Å². The van der Waals surface area contributed by atoms with Gasteiger partial charge in [-0.05, 0) is 42.8 Å². The second-order valence-corrected chi connectivity index (χ2v) is 7.43. The Bertz CT molecular complexity index is 878. The summed E-state index contributed by atoms with van der Waals surface area (Å²) in [6.45, 7) is 4.50. The van der Waals surface area contributed by atoms with E-state index in [4.69, 9.17) is 4.52 Å². The maximum absolute atomic E-state index is 13.1. The van der Waals surface area contributed by atoms with Gasteiger partial charge >= 0.3 is 0 Å². The summed E-state index contributed by atoms with van der Waals surface area (Å²) in [6.07, 6.45) is 1.26. The standard InChI is InChI=1S/C20H20N2O2S/c1-13-17(14(2)24-21-13)12-19(23)22-10-8-18-16(9-11-25-18)20(22)15-6-4-3-5-7-15/h3-7,9,11,20H,8,10,12H2,1-2H3/t20-/m1/s1. The van der Waals surface area contributed by atoms with Gasteiger partial charge in [0, 0.05) is 17.0 Å². The van der Waals surface area contributed by atoms with E-state index in [1.807, 2.05) is 36.9 Å². The minimum Gasteiger partial charge on any atom is -0.361 e. The predicted molar refractivity (Wildman–Crippen MR) is 97.7 cm³/mol. The fourth-order valence-corrected chi connectivity index (χ4v) is 4.49. The Hall–Kier alpha value is -2.40. The molecule has 0 unspecified atom stereocenters. The molecule has 4 nitrogen and oxygen atoms in total. The fourth-order valence-electron chi connectivity index (χ4n) is 3.59. The van der Waals surface area contributed by atoms with Crippen LogP contribution in [0.3, 0.4) is 0 Å². The van der Waals surface area contributed by atoms with Gasteiger partial charge in [-0.1, -0.05) is 35.5 Å². The number of benzene rings is 1. The molecule has 0 radical (unpaired) electrons. The van der Waals surface area contributed by atoms with E-state index in [-0.39, 0.29) is 11.9 Å². The lowest BCUT2D eigenvalue weighted by Gasteiger charge is -2.36. The lowest BCUT2D eigenvalue weighted by atomic mass is 9.92. The Labute approximate surface area is 151 Å². The normalized spacial score (nSPS) is 16.7. The number of amides is 1. The van der Waals surface area contributed by atoms with Crippen LogP contribution in [0.15, 0.2) is 46.3 Å². The van der Waals surface area contributed by atoms with Crippen molar-refractivity contribution in [3.05, 3.63) is 74.8 Å². The summed E-state index contributed by atoms with van der Waals surface area (Å²) in [5, 5.41) is 6.10. The summed E-state index contributed by atoms with van der Waals surface area (Å²) in [6, 6.07) is 12.4.